The molecule has 4 rings (SSSR count). The lowest BCUT2D eigenvalue weighted by Gasteiger charge is -2.16. The zero-order valence-corrected chi connectivity index (χ0v) is 19.0. The molecule has 0 unspecified atom stereocenters. The Morgan fingerprint density at radius 3 is 2.47 bits per heavy atom. The molecule has 3 aromatic rings. The molecule has 8 nitrogen and oxygen atoms in total. The molecule has 1 aromatic carbocycles. The fraction of sp³-hybridized carbons (Fsp3) is 0.391. The summed E-state index contributed by atoms with van der Waals surface area (Å²) in [6.07, 6.45) is 4.21. The predicted octanol–water partition coefficient (Wildman–Crippen LogP) is 3.74. The lowest BCUT2D eigenvalue weighted by molar-refractivity contribution is -0.128. The van der Waals surface area contributed by atoms with E-state index in [1.165, 1.54) is 0 Å². The van der Waals surface area contributed by atoms with E-state index in [4.69, 9.17) is 9.47 Å². The summed E-state index contributed by atoms with van der Waals surface area (Å²) in [5.74, 6) is 3.96. The molecule has 32 heavy (non-hydrogen) atoms. The van der Waals surface area contributed by atoms with Crippen molar-refractivity contribution in [3.8, 4) is 17.3 Å². The molecule has 0 N–H and O–H groups in total. The summed E-state index contributed by atoms with van der Waals surface area (Å²) in [7, 11) is 0. The molecule has 1 aliphatic rings. The fourth-order valence-electron chi connectivity index (χ4n) is 3.40. The third kappa shape index (κ3) is 5.59. The molecule has 0 atom stereocenters. The Balaban J connectivity index is 1.38. The van der Waals surface area contributed by atoms with Gasteiger partial charge in [-0.15, -0.1) is 10.2 Å². The zero-order valence-electron chi connectivity index (χ0n) is 18.1. The zero-order chi connectivity index (χ0) is 22.2. The lowest BCUT2D eigenvalue weighted by Crippen LogP contribution is -2.25. The van der Waals surface area contributed by atoms with Gasteiger partial charge < -0.3 is 14.4 Å². The van der Waals surface area contributed by atoms with E-state index < -0.39 is 0 Å². The van der Waals surface area contributed by atoms with Crippen molar-refractivity contribution in [1.82, 2.24) is 24.6 Å². The van der Waals surface area contributed by atoms with Crippen molar-refractivity contribution in [2.45, 2.75) is 37.9 Å². The van der Waals surface area contributed by atoms with E-state index in [0.717, 1.165) is 41.9 Å². The SMILES string of the molecule is CCCOc1ccc(OCCSc2nnc(CN3CCCC3=O)n2-c2ccccn2)cc1. The van der Waals surface area contributed by atoms with Crippen molar-refractivity contribution in [1.29, 1.82) is 0 Å². The summed E-state index contributed by atoms with van der Waals surface area (Å²) < 4.78 is 13.4. The van der Waals surface area contributed by atoms with Gasteiger partial charge in [0.1, 0.15) is 17.3 Å². The second kappa shape index (κ2) is 11.0. The van der Waals surface area contributed by atoms with Crippen LogP contribution >= 0.6 is 11.8 Å². The molecule has 168 valence electrons. The van der Waals surface area contributed by atoms with Gasteiger partial charge in [-0.05, 0) is 49.2 Å². The topological polar surface area (TPSA) is 82.4 Å². The smallest absolute Gasteiger partial charge is 0.223 e. The van der Waals surface area contributed by atoms with Gasteiger partial charge in [0.2, 0.25) is 5.91 Å². The van der Waals surface area contributed by atoms with Crippen molar-refractivity contribution in [3.05, 3.63) is 54.5 Å². The Hall–Kier alpha value is -3.07. The van der Waals surface area contributed by atoms with Crippen LogP contribution in [0.1, 0.15) is 32.0 Å². The van der Waals surface area contributed by atoms with Crippen LogP contribution in [0.5, 0.6) is 11.5 Å². The predicted molar refractivity (Wildman–Crippen MR) is 122 cm³/mol. The molecule has 0 radical (unpaired) electrons. The summed E-state index contributed by atoms with van der Waals surface area (Å²) in [6.45, 7) is 4.51. The normalized spacial score (nSPS) is 13.5. The number of likely N-dealkylation sites (tertiary alicyclic amines) is 1. The first-order chi connectivity index (χ1) is 15.7. The average Bonchev–Trinajstić information content (AvgIpc) is 3.42. The number of hydrogen-bond acceptors (Lipinski definition) is 7. The van der Waals surface area contributed by atoms with Gasteiger partial charge in [0.15, 0.2) is 11.0 Å². The molecule has 1 saturated heterocycles. The minimum absolute atomic E-state index is 0.161. The van der Waals surface area contributed by atoms with Gasteiger partial charge >= 0.3 is 0 Å². The second-order valence-electron chi connectivity index (χ2n) is 7.36. The Labute approximate surface area is 192 Å². The molecule has 2 aromatic heterocycles. The Morgan fingerprint density at radius 1 is 1.03 bits per heavy atom. The van der Waals surface area contributed by atoms with Crippen LogP contribution in [-0.4, -0.2) is 56.1 Å². The van der Waals surface area contributed by atoms with Crippen molar-refractivity contribution in [2.24, 2.45) is 0 Å². The molecule has 1 amide bonds. The van der Waals surface area contributed by atoms with E-state index in [1.54, 1.807) is 18.0 Å². The van der Waals surface area contributed by atoms with Gasteiger partial charge in [-0.1, -0.05) is 24.8 Å². The molecule has 3 heterocycles. The largest absolute Gasteiger partial charge is 0.494 e. The van der Waals surface area contributed by atoms with Crippen molar-refractivity contribution >= 4 is 17.7 Å². The first-order valence-corrected chi connectivity index (χ1v) is 11.8. The van der Waals surface area contributed by atoms with Crippen LogP contribution in [0.2, 0.25) is 0 Å². The third-order valence-electron chi connectivity index (χ3n) is 4.96. The van der Waals surface area contributed by atoms with E-state index in [1.807, 2.05) is 51.9 Å². The van der Waals surface area contributed by atoms with E-state index >= 15 is 0 Å². The summed E-state index contributed by atoms with van der Waals surface area (Å²) >= 11 is 1.55. The van der Waals surface area contributed by atoms with Crippen molar-refractivity contribution in [3.63, 3.8) is 0 Å². The highest BCUT2D eigenvalue weighted by Gasteiger charge is 2.24. The summed E-state index contributed by atoms with van der Waals surface area (Å²) in [5, 5.41) is 9.47. The number of hydrogen-bond donors (Lipinski definition) is 0. The first-order valence-electron chi connectivity index (χ1n) is 10.9. The average molecular weight is 454 g/mol. The first kappa shape index (κ1) is 22.1. The molecule has 1 fully saturated rings. The second-order valence-corrected chi connectivity index (χ2v) is 8.42. The number of ether oxygens (including phenoxy) is 2. The van der Waals surface area contributed by atoms with Crippen LogP contribution in [0.4, 0.5) is 0 Å². The minimum atomic E-state index is 0.161. The van der Waals surface area contributed by atoms with E-state index in [2.05, 4.69) is 22.1 Å². The number of nitrogens with zero attached hydrogens (tertiary/aromatic N) is 5. The summed E-state index contributed by atoms with van der Waals surface area (Å²) in [4.78, 5) is 18.4. The highest BCUT2D eigenvalue weighted by Crippen LogP contribution is 2.24. The number of amides is 1. The molecule has 0 bridgehead atoms. The molecule has 9 heteroatoms. The molecule has 0 saturated carbocycles. The maximum atomic E-state index is 12.1. The van der Waals surface area contributed by atoms with Gasteiger partial charge in [-0.25, -0.2) is 4.98 Å². The molecule has 0 aliphatic carbocycles. The van der Waals surface area contributed by atoms with Gasteiger partial charge in [0.05, 0.1) is 19.8 Å². The van der Waals surface area contributed by atoms with Gasteiger partial charge in [-0.3, -0.25) is 9.36 Å². The van der Waals surface area contributed by atoms with Gasteiger partial charge in [0.25, 0.3) is 0 Å². The molecular formula is C23H27N5O3S. The molecule has 0 spiro atoms. The summed E-state index contributed by atoms with van der Waals surface area (Å²) in [6, 6.07) is 13.4. The highest BCUT2D eigenvalue weighted by molar-refractivity contribution is 7.99. The lowest BCUT2D eigenvalue weighted by atomic mass is 10.3. The van der Waals surface area contributed by atoms with Crippen LogP contribution in [-0.2, 0) is 11.3 Å². The number of carbonyl (C=O) groups excluding carboxylic acids is 1. The van der Waals surface area contributed by atoms with Crippen LogP contribution in [0.15, 0.2) is 53.8 Å². The van der Waals surface area contributed by atoms with E-state index in [-0.39, 0.29) is 5.91 Å². The van der Waals surface area contributed by atoms with Gasteiger partial charge in [-0.2, -0.15) is 0 Å². The Morgan fingerprint density at radius 2 is 1.81 bits per heavy atom. The quantitative estimate of drug-likeness (QED) is 0.323. The van der Waals surface area contributed by atoms with Crippen molar-refractivity contribution < 1.29 is 14.3 Å². The van der Waals surface area contributed by atoms with Crippen LogP contribution in [0, 0.1) is 0 Å². The van der Waals surface area contributed by atoms with E-state index in [9.17, 15) is 4.79 Å². The van der Waals surface area contributed by atoms with Crippen LogP contribution < -0.4 is 9.47 Å². The number of carbonyl (C=O) groups is 1. The Kier molecular flexibility index (Phi) is 7.60. The monoisotopic (exact) mass is 453 g/mol. The third-order valence-corrected chi connectivity index (χ3v) is 5.86. The van der Waals surface area contributed by atoms with E-state index in [0.29, 0.717) is 37.8 Å². The maximum Gasteiger partial charge on any atom is 0.223 e. The number of rotatable bonds is 11. The Bertz CT molecular complexity index is 1010. The van der Waals surface area contributed by atoms with Crippen LogP contribution in [0.25, 0.3) is 5.82 Å². The number of thioether (sulfide) groups is 1. The standard InChI is InChI=1S/C23H27N5O3S/c1-2-14-30-18-8-10-19(11-9-18)31-15-16-32-23-26-25-21(17-27-13-5-7-22(27)29)28(23)20-6-3-4-12-24-20/h3-4,6,8-12H,2,5,7,13-17H2,1H3. The summed E-state index contributed by atoms with van der Waals surface area (Å²) in [5.41, 5.74) is 0. The number of pyridine rings is 1. The molecule has 1 aliphatic heterocycles. The van der Waals surface area contributed by atoms with Crippen LogP contribution in [0.3, 0.4) is 0 Å². The fourth-order valence-corrected chi connectivity index (χ4v) is 4.17. The molecular weight excluding hydrogens is 426 g/mol. The number of benzene rings is 1. The maximum absolute atomic E-state index is 12.1. The van der Waals surface area contributed by atoms with Crippen molar-refractivity contribution in [2.75, 3.05) is 25.5 Å². The number of aromatic nitrogens is 4. The highest BCUT2D eigenvalue weighted by atomic mass is 32.2. The van der Waals surface area contributed by atoms with Gasteiger partial charge in [0, 0.05) is 24.9 Å². The minimum Gasteiger partial charge on any atom is -0.494 e.